The lowest BCUT2D eigenvalue weighted by atomic mass is 9.88. The summed E-state index contributed by atoms with van der Waals surface area (Å²) in [6.45, 7) is 1.21. The molecule has 2 aromatic rings. The predicted octanol–water partition coefficient (Wildman–Crippen LogP) is 3.57. The Morgan fingerprint density at radius 2 is 1.67 bits per heavy atom. The van der Waals surface area contributed by atoms with E-state index in [1.54, 1.807) is 12.1 Å². The Hall–Kier alpha value is -2.96. The van der Waals surface area contributed by atoms with Gasteiger partial charge in [0.25, 0.3) is 0 Å². The quantitative estimate of drug-likeness (QED) is 0.786. The molecule has 2 aromatic carbocycles. The van der Waals surface area contributed by atoms with E-state index in [1.807, 2.05) is 42.5 Å². The molecule has 0 saturated carbocycles. The monoisotopic (exact) mass is 374 g/mol. The van der Waals surface area contributed by atoms with Gasteiger partial charge in [0.05, 0.1) is 12.5 Å². The molecule has 1 aliphatic heterocycles. The van der Waals surface area contributed by atoms with Crippen LogP contribution < -0.4 is 5.32 Å². The molecule has 7 heteroatoms. The van der Waals surface area contributed by atoms with Crippen LogP contribution in [-0.4, -0.2) is 47.1 Å². The molecule has 4 unspecified atom stereocenters. The number of alkyl halides is 2. The van der Waals surface area contributed by atoms with Crippen molar-refractivity contribution in [1.29, 1.82) is 0 Å². The van der Waals surface area contributed by atoms with Crippen molar-refractivity contribution in [3.8, 4) is 11.1 Å². The number of likely N-dealkylation sites (tertiary alicyclic amines) is 1. The molecule has 2 N–H and O–H groups in total. The first-order valence-electron chi connectivity index (χ1n) is 8.62. The first-order valence-corrected chi connectivity index (χ1v) is 8.62. The van der Waals surface area contributed by atoms with Crippen LogP contribution in [0.15, 0.2) is 54.6 Å². The Morgan fingerprint density at radius 1 is 1.07 bits per heavy atom. The average Bonchev–Trinajstić information content (AvgIpc) is 2.66. The van der Waals surface area contributed by atoms with Crippen molar-refractivity contribution in [2.45, 2.75) is 31.4 Å². The number of benzene rings is 2. The smallest absolute Gasteiger partial charge is 0.404 e. The van der Waals surface area contributed by atoms with E-state index in [4.69, 9.17) is 5.11 Å². The maximum absolute atomic E-state index is 13.7. The molecule has 0 radical (unpaired) electrons. The van der Waals surface area contributed by atoms with Gasteiger partial charge in [0.1, 0.15) is 0 Å². The largest absolute Gasteiger partial charge is 0.465 e. The summed E-state index contributed by atoms with van der Waals surface area (Å²) >= 11 is 0. The molecule has 27 heavy (non-hydrogen) atoms. The van der Waals surface area contributed by atoms with Gasteiger partial charge in [-0.1, -0.05) is 54.6 Å². The third-order valence-electron chi connectivity index (χ3n) is 4.74. The van der Waals surface area contributed by atoms with Crippen molar-refractivity contribution in [2.75, 3.05) is 6.54 Å². The van der Waals surface area contributed by atoms with Crippen LogP contribution in [0.4, 0.5) is 13.6 Å². The minimum absolute atomic E-state index is 0.321. The SMILES string of the molecule is CC(NC(=O)O)C(C(=O)N1CC(F)C1F)c1ccc(-c2ccccc2)cc1. The molecule has 2 amide bonds. The number of hydrogen-bond acceptors (Lipinski definition) is 2. The van der Waals surface area contributed by atoms with Crippen LogP contribution in [-0.2, 0) is 4.79 Å². The van der Waals surface area contributed by atoms with Gasteiger partial charge >= 0.3 is 6.09 Å². The normalized spacial score (nSPS) is 21.1. The van der Waals surface area contributed by atoms with Gasteiger partial charge in [-0.3, -0.25) is 4.79 Å². The number of carboxylic acid groups (broad SMARTS) is 1. The van der Waals surface area contributed by atoms with Crippen LogP contribution in [0.2, 0.25) is 0 Å². The summed E-state index contributed by atoms with van der Waals surface area (Å²) < 4.78 is 26.9. The first kappa shape index (κ1) is 18.8. The fraction of sp³-hybridized carbons (Fsp3) is 0.300. The van der Waals surface area contributed by atoms with Crippen molar-refractivity contribution in [1.82, 2.24) is 10.2 Å². The van der Waals surface area contributed by atoms with Crippen molar-refractivity contribution < 1.29 is 23.5 Å². The van der Waals surface area contributed by atoms with Crippen LogP contribution in [0.1, 0.15) is 18.4 Å². The predicted molar refractivity (Wildman–Crippen MR) is 96.7 cm³/mol. The van der Waals surface area contributed by atoms with Crippen molar-refractivity contribution in [3.05, 3.63) is 60.2 Å². The molecule has 142 valence electrons. The fourth-order valence-electron chi connectivity index (χ4n) is 3.26. The van der Waals surface area contributed by atoms with Gasteiger partial charge in [-0.2, -0.15) is 0 Å². The highest BCUT2D eigenvalue weighted by Crippen LogP contribution is 2.31. The highest BCUT2D eigenvalue weighted by molar-refractivity contribution is 5.86. The number of hydrogen-bond donors (Lipinski definition) is 2. The van der Waals surface area contributed by atoms with Gasteiger partial charge in [-0.05, 0) is 23.6 Å². The highest BCUT2D eigenvalue weighted by atomic mass is 19.2. The number of carbonyl (C=O) groups is 2. The second kappa shape index (κ2) is 7.73. The maximum Gasteiger partial charge on any atom is 0.404 e. The summed E-state index contributed by atoms with van der Waals surface area (Å²) in [5.41, 5.74) is 2.46. The zero-order chi connectivity index (χ0) is 19.6. The molecule has 1 aliphatic rings. The molecule has 1 heterocycles. The minimum atomic E-state index is -1.99. The third-order valence-corrected chi connectivity index (χ3v) is 4.74. The topological polar surface area (TPSA) is 69.6 Å². The van der Waals surface area contributed by atoms with Gasteiger partial charge in [-0.25, -0.2) is 13.6 Å². The van der Waals surface area contributed by atoms with Crippen molar-refractivity contribution >= 4 is 12.0 Å². The highest BCUT2D eigenvalue weighted by Gasteiger charge is 2.46. The van der Waals surface area contributed by atoms with Gasteiger partial charge in [0.15, 0.2) is 6.17 Å². The lowest BCUT2D eigenvalue weighted by Crippen LogP contribution is -2.60. The van der Waals surface area contributed by atoms with Crippen molar-refractivity contribution in [3.63, 3.8) is 0 Å². The lowest BCUT2D eigenvalue weighted by molar-refractivity contribution is -0.159. The Morgan fingerprint density at radius 3 is 2.19 bits per heavy atom. The molecular formula is C20H20F2N2O3. The molecule has 0 bridgehead atoms. The van der Waals surface area contributed by atoms with Gasteiger partial charge in [-0.15, -0.1) is 0 Å². The number of rotatable bonds is 5. The molecule has 1 fully saturated rings. The average molecular weight is 374 g/mol. The fourth-order valence-corrected chi connectivity index (χ4v) is 3.26. The summed E-state index contributed by atoms with van der Waals surface area (Å²) in [5, 5.41) is 11.2. The zero-order valence-electron chi connectivity index (χ0n) is 14.7. The minimum Gasteiger partial charge on any atom is -0.465 e. The van der Waals surface area contributed by atoms with Crippen LogP contribution in [0.5, 0.6) is 0 Å². The Bertz CT molecular complexity index is 814. The summed E-state index contributed by atoms with van der Waals surface area (Å²) in [7, 11) is 0. The Labute approximate surface area is 155 Å². The molecule has 0 aliphatic carbocycles. The van der Waals surface area contributed by atoms with Gasteiger partial charge in [0, 0.05) is 6.04 Å². The first-order chi connectivity index (χ1) is 12.9. The van der Waals surface area contributed by atoms with E-state index in [2.05, 4.69) is 5.32 Å². The molecule has 1 saturated heterocycles. The number of carbonyl (C=O) groups excluding carboxylic acids is 1. The van der Waals surface area contributed by atoms with E-state index in [0.717, 1.165) is 16.0 Å². The van der Waals surface area contributed by atoms with Crippen molar-refractivity contribution in [2.24, 2.45) is 0 Å². The van der Waals surface area contributed by atoms with E-state index in [9.17, 15) is 18.4 Å². The Balaban J connectivity index is 1.88. The van der Waals surface area contributed by atoms with Crippen LogP contribution >= 0.6 is 0 Å². The van der Waals surface area contributed by atoms with Gasteiger partial charge in [0.2, 0.25) is 12.2 Å². The maximum atomic E-state index is 13.7. The number of halogens is 2. The van der Waals surface area contributed by atoms with Crippen LogP contribution in [0, 0.1) is 0 Å². The number of amides is 2. The van der Waals surface area contributed by atoms with E-state index >= 15 is 0 Å². The van der Waals surface area contributed by atoms with Gasteiger partial charge < -0.3 is 15.3 Å². The van der Waals surface area contributed by atoms with E-state index in [1.165, 1.54) is 6.92 Å². The summed E-state index contributed by atoms with van der Waals surface area (Å²) in [4.78, 5) is 24.6. The van der Waals surface area contributed by atoms with E-state index in [-0.39, 0.29) is 6.54 Å². The molecule has 5 nitrogen and oxygen atoms in total. The second-order valence-corrected chi connectivity index (χ2v) is 6.58. The molecule has 3 rings (SSSR count). The number of nitrogens with zero attached hydrogens (tertiary/aromatic N) is 1. The number of nitrogens with one attached hydrogen (secondary N) is 1. The van der Waals surface area contributed by atoms with Crippen LogP contribution in [0.25, 0.3) is 11.1 Å². The molecule has 0 spiro atoms. The third kappa shape index (κ3) is 3.92. The standard InChI is InChI=1S/C20H20F2N2O3/c1-12(23-20(26)27)17(19(25)24-11-16(21)18(24)22)15-9-7-14(8-10-15)13-5-3-2-4-6-13/h2-10,12,16-18,23H,11H2,1H3,(H,26,27). The summed E-state index contributed by atoms with van der Waals surface area (Å²) in [5.74, 6) is -1.58. The second-order valence-electron chi connectivity index (χ2n) is 6.58. The lowest BCUT2D eigenvalue weighted by Gasteiger charge is -2.41. The molecular weight excluding hydrogens is 354 g/mol. The zero-order valence-corrected chi connectivity index (χ0v) is 14.7. The van der Waals surface area contributed by atoms with E-state index < -0.39 is 36.4 Å². The van der Waals surface area contributed by atoms with Crippen LogP contribution in [0.3, 0.4) is 0 Å². The molecule has 4 atom stereocenters. The van der Waals surface area contributed by atoms with E-state index in [0.29, 0.717) is 5.56 Å². The molecule has 0 aromatic heterocycles. The summed E-state index contributed by atoms with van der Waals surface area (Å²) in [6, 6.07) is 15.9. The Kier molecular flexibility index (Phi) is 5.39. The summed E-state index contributed by atoms with van der Waals surface area (Å²) in [6.07, 6.45) is -4.97.